The maximum Gasteiger partial charge on any atom is 0.296 e. The van der Waals surface area contributed by atoms with Gasteiger partial charge >= 0.3 is 0 Å². The van der Waals surface area contributed by atoms with Crippen LogP contribution in [0.15, 0.2) is 0 Å². The van der Waals surface area contributed by atoms with E-state index < -0.39 is 0 Å². The highest BCUT2D eigenvalue weighted by Gasteiger charge is 2.39. The molecule has 0 radical (unpaired) electrons. The molecule has 2 heterocycles. The molecule has 19 heavy (non-hydrogen) atoms. The molecule has 0 spiro atoms. The third kappa shape index (κ3) is 3.07. The van der Waals surface area contributed by atoms with E-state index in [4.69, 9.17) is 0 Å². The van der Waals surface area contributed by atoms with E-state index in [0.29, 0.717) is 0 Å². The van der Waals surface area contributed by atoms with Gasteiger partial charge in [-0.15, -0.1) is 0 Å². The summed E-state index contributed by atoms with van der Waals surface area (Å²) in [6, 6.07) is 0.150. The van der Waals surface area contributed by atoms with Crippen LogP contribution in [0.5, 0.6) is 0 Å². The molecule has 5 heteroatoms. The summed E-state index contributed by atoms with van der Waals surface area (Å²) < 4.78 is 0. The average molecular weight is 263 g/mol. The second-order valence-electron chi connectivity index (χ2n) is 5.08. The molecule has 1 unspecified atom stereocenters. The second-order valence-corrected chi connectivity index (χ2v) is 5.08. The molecule has 0 aromatic heterocycles. The van der Waals surface area contributed by atoms with E-state index in [1.807, 2.05) is 11.8 Å². The van der Waals surface area contributed by atoms with Gasteiger partial charge in [-0.25, -0.2) is 0 Å². The van der Waals surface area contributed by atoms with E-state index in [2.05, 4.69) is 22.1 Å². The fourth-order valence-corrected chi connectivity index (χ4v) is 2.77. The van der Waals surface area contributed by atoms with E-state index >= 15 is 0 Å². The van der Waals surface area contributed by atoms with Crippen molar-refractivity contribution in [2.24, 2.45) is 0 Å². The van der Waals surface area contributed by atoms with E-state index in [1.165, 1.54) is 0 Å². The van der Waals surface area contributed by atoms with Crippen molar-refractivity contribution in [1.82, 2.24) is 15.1 Å². The second kappa shape index (κ2) is 6.07. The zero-order chi connectivity index (χ0) is 13.8. The van der Waals surface area contributed by atoms with Crippen LogP contribution in [0, 0.1) is 11.8 Å². The van der Waals surface area contributed by atoms with Crippen molar-refractivity contribution in [3.05, 3.63) is 0 Å². The van der Waals surface area contributed by atoms with Gasteiger partial charge in [0.15, 0.2) is 0 Å². The van der Waals surface area contributed by atoms with Gasteiger partial charge in [0.25, 0.3) is 5.91 Å². The van der Waals surface area contributed by atoms with Crippen molar-refractivity contribution in [2.75, 3.05) is 26.2 Å². The summed E-state index contributed by atoms with van der Waals surface area (Å²) in [4.78, 5) is 27.6. The molecular weight excluding hydrogens is 242 g/mol. The minimum Gasteiger partial charge on any atom is -0.342 e. The van der Waals surface area contributed by atoms with Crippen molar-refractivity contribution in [1.29, 1.82) is 0 Å². The number of nitrogens with one attached hydrogen (secondary N) is 1. The molecule has 2 rings (SSSR count). The van der Waals surface area contributed by atoms with Crippen molar-refractivity contribution >= 4 is 11.8 Å². The third-order valence-electron chi connectivity index (χ3n) is 3.81. The molecular formula is C14H21N3O2. The Morgan fingerprint density at radius 2 is 2.21 bits per heavy atom. The number of likely N-dealkylation sites (N-methyl/N-ethyl adjacent to an activating group) is 1. The summed E-state index contributed by atoms with van der Waals surface area (Å²) in [5.74, 6) is 5.07. The van der Waals surface area contributed by atoms with Crippen LogP contribution in [0.4, 0.5) is 0 Å². The largest absolute Gasteiger partial charge is 0.342 e. The molecule has 1 N–H and O–H groups in total. The first kappa shape index (κ1) is 13.9. The molecule has 0 bridgehead atoms. The van der Waals surface area contributed by atoms with Crippen LogP contribution in [-0.4, -0.2) is 59.9 Å². The molecule has 0 aromatic carbocycles. The van der Waals surface area contributed by atoms with E-state index in [9.17, 15) is 9.59 Å². The lowest BCUT2D eigenvalue weighted by atomic mass is 9.97. The summed E-state index contributed by atoms with van der Waals surface area (Å²) in [5.41, 5.74) is 0. The van der Waals surface area contributed by atoms with Gasteiger partial charge in [-0.05, 0) is 32.6 Å². The number of piperidine rings is 1. The molecule has 5 nitrogen and oxygen atoms in total. The summed E-state index contributed by atoms with van der Waals surface area (Å²) in [6.45, 7) is 6.84. The molecule has 2 fully saturated rings. The van der Waals surface area contributed by atoms with Gasteiger partial charge < -0.3 is 10.2 Å². The van der Waals surface area contributed by atoms with Gasteiger partial charge in [0.2, 0.25) is 5.91 Å². The molecule has 104 valence electrons. The molecule has 1 atom stereocenters. The smallest absolute Gasteiger partial charge is 0.296 e. The highest BCUT2D eigenvalue weighted by atomic mass is 16.2. The topological polar surface area (TPSA) is 52.7 Å². The Morgan fingerprint density at radius 3 is 2.84 bits per heavy atom. The lowest BCUT2D eigenvalue weighted by Crippen LogP contribution is -2.65. The zero-order valence-corrected chi connectivity index (χ0v) is 11.6. The quantitative estimate of drug-likeness (QED) is 0.719. The minimum atomic E-state index is -0.225. The van der Waals surface area contributed by atoms with Crippen molar-refractivity contribution < 1.29 is 9.59 Å². The molecule has 2 saturated heterocycles. The van der Waals surface area contributed by atoms with E-state index in [-0.39, 0.29) is 23.9 Å². The molecule has 0 saturated carbocycles. The number of likely N-dealkylation sites (tertiary alicyclic amines) is 2. The van der Waals surface area contributed by atoms with Crippen LogP contribution in [0.3, 0.4) is 0 Å². The fourth-order valence-electron chi connectivity index (χ4n) is 2.77. The maximum atomic E-state index is 12.2. The Morgan fingerprint density at radius 1 is 1.47 bits per heavy atom. The number of hydrogen-bond acceptors (Lipinski definition) is 3. The van der Waals surface area contributed by atoms with Gasteiger partial charge in [0.1, 0.15) is 0 Å². The summed E-state index contributed by atoms with van der Waals surface area (Å²) in [6.07, 6.45) is 2.00. The van der Waals surface area contributed by atoms with Crippen LogP contribution in [0.2, 0.25) is 0 Å². The summed E-state index contributed by atoms with van der Waals surface area (Å²) in [7, 11) is 0. The third-order valence-corrected chi connectivity index (χ3v) is 3.81. The van der Waals surface area contributed by atoms with Gasteiger partial charge in [0, 0.05) is 26.2 Å². The van der Waals surface area contributed by atoms with Gasteiger partial charge in [-0.1, -0.05) is 5.92 Å². The molecule has 0 aromatic rings. The van der Waals surface area contributed by atoms with Crippen LogP contribution >= 0.6 is 0 Å². The standard InChI is InChI=1S/C14H21N3O2/c1-3-6-13(18)15-11-9-17(10-11)12-7-5-8-16(4-2)14(12)19/h11-12H,4-5,7-10H2,1-2H3,(H,15,18). The van der Waals surface area contributed by atoms with Crippen LogP contribution < -0.4 is 5.32 Å². The molecule has 0 aliphatic carbocycles. The molecule has 2 aliphatic heterocycles. The lowest BCUT2D eigenvalue weighted by molar-refractivity contribution is -0.142. The predicted octanol–water partition coefficient (Wildman–Crippen LogP) is -0.179. The Labute approximate surface area is 114 Å². The number of rotatable bonds is 3. The number of carbonyl (C=O) groups is 2. The van der Waals surface area contributed by atoms with Crippen LogP contribution in [0.1, 0.15) is 26.7 Å². The fraction of sp³-hybridized carbons (Fsp3) is 0.714. The zero-order valence-electron chi connectivity index (χ0n) is 11.6. The Bertz CT molecular complexity index is 418. The van der Waals surface area contributed by atoms with Gasteiger partial charge in [-0.3, -0.25) is 14.5 Å². The summed E-state index contributed by atoms with van der Waals surface area (Å²) >= 11 is 0. The molecule has 2 aliphatic rings. The van der Waals surface area contributed by atoms with Crippen molar-refractivity contribution in [2.45, 2.75) is 38.8 Å². The Balaban J connectivity index is 1.81. The molecule has 2 amide bonds. The van der Waals surface area contributed by atoms with Crippen LogP contribution in [0.25, 0.3) is 0 Å². The number of nitrogens with zero attached hydrogens (tertiary/aromatic N) is 2. The number of hydrogen-bond donors (Lipinski definition) is 1. The maximum absolute atomic E-state index is 12.2. The van der Waals surface area contributed by atoms with Gasteiger partial charge in [-0.2, -0.15) is 0 Å². The summed E-state index contributed by atoms with van der Waals surface area (Å²) in [5, 5.41) is 2.85. The first-order chi connectivity index (χ1) is 9.15. The number of amides is 2. The van der Waals surface area contributed by atoms with E-state index in [0.717, 1.165) is 39.0 Å². The SMILES string of the molecule is CC#CC(=O)NC1CN(C2CCCN(CC)C2=O)C1. The lowest BCUT2D eigenvalue weighted by Gasteiger charge is -2.46. The Hall–Kier alpha value is -1.54. The first-order valence-corrected chi connectivity index (χ1v) is 6.91. The van der Waals surface area contributed by atoms with Gasteiger partial charge in [0.05, 0.1) is 12.1 Å². The highest BCUT2D eigenvalue weighted by molar-refractivity contribution is 5.93. The first-order valence-electron chi connectivity index (χ1n) is 6.91. The van der Waals surface area contributed by atoms with E-state index in [1.54, 1.807) is 6.92 Å². The normalized spacial score (nSPS) is 24.4. The Kier molecular flexibility index (Phi) is 4.43. The minimum absolute atomic E-state index is 0.0131. The van der Waals surface area contributed by atoms with Crippen molar-refractivity contribution in [3.63, 3.8) is 0 Å². The monoisotopic (exact) mass is 263 g/mol. The highest BCUT2D eigenvalue weighted by Crippen LogP contribution is 2.22. The number of carbonyl (C=O) groups excluding carboxylic acids is 2. The predicted molar refractivity (Wildman–Crippen MR) is 72.2 cm³/mol. The van der Waals surface area contributed by atoms with Crippen molar-refractivity contribution in [3.8, 4) is 11.8 Å². The van der Waals surface area contributed by atoms with Crippen LogP contribution in [-0.2, 0) is 9.59 Å². The average Bonchev–Trinajstić information content (AvgIpc) is 2.34.